The monoisotopic (exact) mass is 493 g/mol. The van der Waals surface area contributed by atoms with Gasteiger partial charge in [-0.15, -0.1) is 0 Å². The number of carbonyl (C=O) groups excluding carboxylic acids is 1. The fraction of sp³-hybridized carbons (Fsp3) is 0.130. The van der Waals surface area contributed by atoms with Crippen LogP contribution in [0.4, 0.5) is 23.2 Å². The molecule has 0 saturated heterocycles. The Balaban J connectivity index is 1.38. The van der Waals surface area contributed by atoms with Crippen LogP contribution in [0.5, 0.6) is 5.75 Å². The zero-order valence-electron chi connectivity index (χ0n) is 17.5. The number of hydrogen-bond acceptors (Lipinski definition) is 4. The number of rotatable bonds is 7. The molecule has 0 saturated carbocycles. The third-order valence-electron chi connectivity index (χ3n) is 4.81. The highest BCUT2D eigenvalue weighted by Crippen LogP contribution is 2.24. The van der Waals surface area contributed by atoms with Crippen LogP contribution in [0.15, 0.2) is 53.2 Å². The molecule has 11 heteroatoms. The van der Waals surface area contributed by atoms with Crippen LogP contribution in [0.2, 0.25) is 5.02 Å². The van der Waals surface area contributed by atoms with Gasteiger partial charge in [0.05, 0.1) is 18.4 Å². The topological polar surface area (TPSA) is 69.3 Å². The van der Waals surface area contributed by atoms with E-state index in [0.29, 0.717) is 16.5 Å². The first-order valence-corrected chi connectivity index (χ1v) is 10.2. The average Bonchev–Trinajstić information content (AvgIpc) is 3.44. The molecule has 0 radical (unpaired) electrons. The van der Waals surface area contributed by atoms with E-state index in [4.69, 9.17) is 20.8 Å². The van der Waals surface area contributed by atoms with Crippen molar-refractivity contribution in [2.45, 2.75) is 20.1 Å². The Morgan fingerprint density at radius 3 is 2.68 bits per heavy atom. The number of carbonyl (C=O) groups is 1. The van der Waals surface area contributed by atoms with Crippen molar-refractivity contribution in [1.29, 1.82) is 0 Å². The molecule has 2 aromatic heterocycles. The normalized spacial score (nSPS) is 11.0. The molecule has 176 valence electrons. The van der Waals surface area contributed by atoms with Crippen molar-refractivity contribution in [3.63, 3.8) is 0 Å². The maximum absolute atomic E-state index is 13.9. The van der Waals surface area contributed by atoms with Gasteiger partial charge in [0.25, 0.3) is 5.91 Å². The number of benzene rings is 2. The van der Waals surface area contributed by atoms with Gasteiger partial charge in [0, 0.05) is 22.8 Å². The number of nitrogens with one attached hydrogen (secondary N) is 1. The first-order valence-electron chi connectivity index (χ1n) is 9.84. The van der Waals surface area contributed by atoms with Crippen LogP contribution < -0.4 is 10.1 Å². The highest BCUT2D eigenvalue weighted by Gasteiger charge is 2.20. The molecule has 0 bridgehead atoms. The molecule has 0 aliphatic carbocycles. The van der Waals surface area contributed by atoms with Crippen molar-refractivity contribution in [1.82, 2.24) is 9.78 Å². The van der Waals surface area contributed by atoms with Crippen LogP contribution in [0.1, 0.15) is 27.4 Å². The third kappa shape index (κ3) is 5.07. The Labute approximate surface area is 195 Å². The van der Waals surface area contributed by atoms with Crippen molar-refractivity contribution in [2.75, 3.05) is 5.32 Å². The molecule has 2 heterocycles. The summed E-state index contributed by atoms with van der Waals surface area (Å²) >= 11 is 5.92. The van der Waals surface area contributed by atoms with E-state index in [-0.39, 0.29) is 24.1 Å². The molecule has 4 aromatic rings. The van der Waals surface area contributed by atoms with E-state index in [9.17, 15) is 22.4 Å². The lowest BCUT2D eigenvalue weighted by Gasteiger charge is -2.07. The van der Waals surface area contributed by atoms with E-state index < -0.39 is 41.3 Å². The maximum Gasteiger partial charge on any atom is 0.291 e. The van der Waals surface area contributed by atoms with E-state index in [1.165, 1.54) is 18.5 Å². The van der Waals surface area contributed by atoms with Gasteiger partial charge in [-0.25, -0.2) is 17.6 Å². The molecule has 0 aliphatic rings. The second-order valence-corrected chi connectivity index (χ2v) is 7.73. The van der Waals surface area contributed by atoms with Crippen molar-refractivity contribution < 1.29 is 31.5 Å². The number of halogens is 5. The van der Waals surface area contributed by atoms with Gasteiger partial charge in [-0.05, 0) is 42.8 Å². The summed E-state index contributed by atoms with van der Waals surface area (Å²) in [5.74, 6) is -5.88. The lowest BCUT2D eigenvalue weighted by atomic mass is 10.2. The molecule has 0 fully saturated rings. The quantitative estimate of drug-likeness (QED) is 0.198. The van der Waals surface area contributed by atoms with E-state index in [0.717, 1.165) is 10.2 Å². The summed E-state index contributed by atoms with van der Waals surface area (Å²) in [5, 5.41) is 6.98. The number of furan rings is 1. The Morgan fingerprint density at radius 2 is 1.91 bits per heavy atom. The number of hydrogen-bond donors (Lipinski definition) is 1. The zero-order valence-corrected chi connectivity index (χ0v) is 18.3. The molecular formula is C23H16ClF4N3O3. The Bertz CT molecular complexity index is 1370. The Kier molecular flexibility index (Phi) is 6.60. The lowest BCUT2D eigenvalue weighted by Crippen LogP contribution is -2.11. The highest BCUT2D eigenvalue weighted by atomic mass is 35.5. The fourth-order valence-electron chi connectivity index (χ4n) is 3.12. The molecule has 2 aromatic carbocycles. The highest BCUT2D eigenvalue weighted by molar-refractivity contribution is 6.30. The second kappa shape index (κ2) is 9.60. The summed E-state index contributed by atoms with van der Waals surface area (Å²) in [5.41, 5.74) is 0.336. The first kappa shape index (κ1) is 23.4. The Morgan fingerprint density at radius 1 is 1.12 bits per heavy atom. The second-order valence-electron chi connectivity index (χ2n) is 7.29. The van der Waals surface area contributed by atoms with Gasteiger partial charge in [0.15, 0.2) is 23.2 Å². The summed E-state index contributed by atoms with van der Waals surface area (Å²) in [6, 6.07) is 8.47. The Hall–Kier alpha value is -3.79. The summed E-state index contributed by atoms with van der Waals surface area (Å²) in [6.07, 6.45) is 2.50. The van der Waals surface area contributed by atoms with E-state index >= 15 is 0 Å². The van der Waals surface area contributed by atoms with Crippen molar-refractivity contribution in [2.24, 2.45) is 0 Å². The van der Waals surface area contributed by atoms with Crippen molar-refractivity contribution >= 4 is 23.2 Å². The van der Waals surface area contributed by atoms with E-state index in [1.807, 2.05) is 6.92 Å². The van der Waals surface area contributed by atoms with Gasteiger partial charge in [0.2, 0.25) is 0 Å². The molecular weight excluding hydrogens is 478 g/mol. The minimum absolute atomic E-state index is 0.00290. The van der Waals surface area contributed by atoms with E-state index in [2.05, 4.69) is 10.4 Å². The molecule has 34 heavy (non-hydrogen) atoms. The summed E-state index contributed by atoms with van der Waals surface area (Å²) in [7, 11) is 0. The van der Waals surface area contributed by atoms with Gasteiger partial charge in [-0.2, -0.15) is 5.10 Å². The largest absolute Gasteiger partial charge is 0.485 e. The lowest BCUT2D eigenvalue weighted by molar-refractivity contribution is 0.0992. The van der Waals surface area contributed by atoms with Crippen molar-refractivity contribution in [3.05, 3.63) is 99.7 Å². The van der Waals surface area contributed by atoms with Crippen LogP contribution in [0.25, 0.3) is 0 Å². The summed E-state index contributed by atoms with van der Waals surface area (Å²) < 4.78 is 66.4. The number of amides is 1. The smallest absolute Gasteiger partial charge is 0.291 e. The van der Waals surface area contributed by atoms with Crippen LogP contribution in [-0.2, 0) is 13.2 Å². The number of aryl methyl sites for hydroxylation is 1. The zero-order chi connectivity index (χ0) is 24.4. The molecule has 0 aliphatic heterocycles. The van der Waals surface area contributed by atoms with Gasteiger partial charge in [0.1, 0.15) is 23.9 Å². The maximum atomic E-state index is 13.9. The number of aromatic nitrogens is 2. The van der Waals surface area contributed by atoms with Crippen LogP contribution in [0, 0.1) is 30.2 Å². The average molecular weight is 494 g/mol. The van der Waals surface area contributed by atoms with Crippen LogP contribution in [0.3, 0.4) is 0 Å². The standard InChI is InChI=1S/C23H16ClF4N3O3/c1-12-6-13(24)2-4-19(12)33-11-15-3-5-20(34-15)23(32)30-14-8-29-31(9-14)10-16-17(25)7-18(26)22(28)21(16)27/h2-9H,10-11H2,1H3,(H,30,32). The molecule has 0 unspecified atom stereocenters. The van der Waals surface area contributed by atoms with E-state index in [1.54, 1.807) is 24.3 Å². The van der Waals surface area contributed by atoms with Crippen LogP contribution in [-0.4, -0.2) is 15.7 Å². The number of ether oxygens (including phenoxy) is 1. The first-order chi connectivity index (χ1) is 16.2. The molecule has 0 spiro atoms. The van der Waals surface area contributed by atoms with Crippen LogP contribution >= 0.6 is 11.6 Å². The fourth-order valence-corrected chi connectivity index (χ4v) is 3.35. The molecule has 0 atom stereocenters. The minimum Gasteiger partial charge on any atom is -0.485 e. The summed E-state index contributed by atoms with van der Waals surface area (Å²) in [6.45, 7) is 1.41. The SMILES string of the molecule is Cc1cc(Cl)ccc1OCc1ccc(C(=O)Nc2cnn(Cc3c(F)cc(F)c(F)c3F)c2)o1. The third-order valence-corrected chi connectivity index (χ3v) is 5.05. The van der Waals surface area contributed by atoms with Gasteiger partial charge in [-0.1, -0.05) is 11.6 Å². The van der Waals surface area contributed by atoms with Crippen molar-refractivity contribution in [3.8, 4) is 5.75 Å². The van der Waals surface area contributed by atoms with Gasteiger partial charge >= 0.3 is 0 Å². The predicted molar refractivity (Wildman–Crippen MR) is 115 cm³/mol. The summed E-state index contributed by atoms with van der Waals surface area (Å²) in [4.78, 5) is 12.4. The number of anilines is 1. The molecule has 6 nitrogen and oxygen atoms in total. The van der Waals surface area contributed by atoms with Gasteiger partial charge < -0.3 is 14.5 Å². The van der Waals surface area contributed by atoms with Gasteiger partial charge in [-0.3, -0.25) is 9.48 Å². The number of nitrogens with zero attached hydrogens (tertiary/aromatic N) is 2. The molecule has 1 amide bonds. The predicted octanol–water partition coefficient (Wildman–Crippen LogP) is 5.87. The molecule has 4 rings (SSSR count). The minimum atomic E-state index is -1.78. The molecule has 1 N–H and O–H groups in total.